The van der Waals surface area contributed by atoms with Crippen molar-refractivity contribution in [2.24, 2.45) is 5.92 Å². The van der Waals surface area contributed by atoms with Gasteiger partial charge in [0.15, 0.2) is 11.4 Å². The van der Waals surface area contributed by atoms with E-state index in [9.17, 15) is 14.4 Å². The highest BCUT2D eigenvalue weighted by Gasteiger charge is 2.25. The first-order chi connectivity index (χ1) is 13.2. The molecule has 0 bridgehead atoms. The summed E-state index contributed by atoms with van der Waals surface area (Å²) in [4.78, 5) is 40.1. The van der Waals surface area contributed by atoms with Gasteiger partial charge in [-0.2, -0.15) is 0 Å². The van der Waals surface area contributed by atoms with Crippen LogP contribution in [0.1, 0.15) is 64.4 Å². The van der Waals surface area contributed by atoms with Crippen LogP contribution in [-0.2, 0) is 14.3 Å². The number of nitrogens with zero attached hydrogens (tertiary/aromatic N) is 1. The molecule has 0 aliphatic heterocycles. The molecule has 2 atom stereocenters. The minimum atomic E-state index is -0.894. The van der Waals surface area contributed by atoms with E-state index in [1.54, 1.807) is 0 Å². The van der Waals surface area contributed by atoms with Crippen molar-refractivity contribution in [2.45, 2.75) is 66.0 Å². The highest BCUT2D eigenvalue weighted by molar-refractivity contribution is 5.98. The number of amides is 1. The lowest BCUT2D eigenvalue weighted by molar-refractivity contribution is -0.150. The van der Waals surface area contributed by atoms with Gasteiger partial charge in [0.05, 0.1) is 13.2 Å². The number of carbonyl (C=O) groups is 3. The lowest BCUT2D eigenvalue weighted by Crippen LogP contribution is -2.41. The molecule has 0 aliphatic carbocycles. The molecule has 1 aromatic rings. The molecule has 0 fully saturated rings. The monoisotopic (exact) mass is 394 g/mol. The van der Waals surface area contributed by atoms with E-state index >= 15 is 0 Å². The van der Waals surface area contributed by atoms with Crippen LogP contribution in [0.2, 0.25) is 0 Å². The maximum Gasteiger partial charge on any atom is 0.328 e. The van der Waals surface area contributed by atoms with E-state index in [1.165, 1.54) is 33.2 Å². The third kappa shape index (κ3) is 6.83. The first-order valence-electron chi connectivity index (χ1n) is 9.46. The van der Waals surface area contributed by atoms with Crippen LogP contribution >= 0.6 is 0 Å². The second kappa shape index (κ2) is 11.3. The molecule has 1 amide bonds. The summed E-state index contributed by atoms with van der Waals surface area (Å²) in [5.41, 5.74) is -0.153. The van der Waals surface area contributed by atoms with E-state index < -0.39 is 23.9 Å². The Balaban J connectivity index is 2.81. The number of aromatic nitrogens is 1. The fraction of sp³-hybridized carbons (Fsp3) is 0.600. The van der Waals surface area contributed by atoms with Crippen LogP contribution in [0.25, 0.3) is 0 Å². The molecule has 28 heavy (non-hydrogen) atoms. The third-order valence-electron chi connectivity index (χ3n) is 4.39. The van der Waals surface area contributed by atoms with Crippen LogP contribution in [0.4, 0.5) is 0 Å². The molecule has 1 aromatic heterocycles. The molecule has 1 N–H and O–H groups in total. The molecular formula is C20H30N2O6. The quantitative estimate of drug-likeness (QED) is 0.609. The van der Waals surface area contributed by atoms with Crippen molar-refractivity contribution < 1.29 is 28.6 Å². The second-order valence-corrected chi connectivity index (χ2v) is 6.65. The van der Waals surface area contributed by atoms with E-state index in [-0.39, 0.29) is 23.3 Å². The number of carbonyl (C=O) groups excluding carboxylic acids is 3. The Hall–Kier alpha value is -2.64. The van der Waals surface area contributed by atoms with Crippen LogP contribution < -0.4 is 14.8 Å². The zero-order chi connectivity index (χ0) is 21.3. The molecule has 0 saturated carbocycles. The smallest absolute Gasteiger partial charge is 0.328 e. The van der Waals surface area contributed by atoms with Crippen molar-refractivity contribution >= 4 is 17.8 Å². The van der Waals surface area contributed by atoms with Gasteiger partial charge >= 0.3 is 11.9 Å². The van der Waals surface area contributed by atoms with Gasteiger partial charge in [-0.3, -0.25) is 9.59 Å². The summed E-state index contributed by atoms with van der Waals surface area (Å²) in [5, 5.41) is 2.52. The average Bonchev–Trinajstić information content (AvgIpc) is 2.65. The van der Waals surface area contributed by atoms with Gasteiger partial charge in [0.2, 0.25) is 5.75 Å². The molecule has 156 valence electrons. The van der Waals surface area contributed by atoms with Gasteiger partial charge in [-0.25, -0.2) is 9.78 Å². The molecule has 0 aliphatic rings. The Labute approximate surface area is 166 Å². The number of hydrogen-bond acceptors (Lipinski definition) is 7. The van der Waals surface area contributed by atoms with Crippen molar-refractivity contribution in [3.63, 3.8) is 0 Å². The van der Waals surface area contributed by atoms with Crippen molar-refractivity contribution in [3.05, 3.63) is 18.0 Å². The van der Waals surface area contributed by atoms with Crippen LogP contribution in [-0.4, -0.2) is 42.1 Å². The number of hydrogen-bond donors (Lipinski definition) is 1. The number of nitrogens with one attached hydrogen (secondary N) is 1. The van der Waals surface area contributed by atoms with Gasteiger partial charge in [-0.1, -0.05) is 26.7 Å². The molecule has 0 radical (unpaired) electrons. The number of ether oxygens (including phenoxy) is 3. The highest BCUT2D eigenvalue weighted by atomic mass is 16.6. The lowest BCUT2D eigenvalue weighted by atomic mass is 9.97. The summed E-state index contributed by atoms with van der Waals surface area (Å²) in [5.74, 6) is -1.26. The summed E-state index contributed by atoms with van der Waals surface area (Å²) in [6.45, 7) is 8.78. The van der Waals surface area contributed by atoms with E-state index in [0.29, 0.717) is 5.92 Å². The summed E-state index contributed by atoms with van der Waals surface area (Å²) in [6.07, 6.45) is 3.91. The van der Waals surface area contributed by atoms with E-state index in [4.69, 9.17) is 14.2 Å². The molecule has 0 saturated heterocycles. The summed E-state index contributed by atoms with van der Waals surface area (Å²) >= 11 is 0. The zero-order valence-electron chi connectivity index (χ0n) is 17.4. The van der Waals surface area contributed by atoms with E-state index in [1.807, 2.05) is 6.92 Å². The molecule has 8 heteroatoms. The fourth-order valence-electron chi connectivity index (χ4n) is 2.76. The Morgan fingerprint density at radius 3 is 2.36 bits per heavy atom. The van der Waals surface area contributed by atoms with E-state index in [0.717, 1.165) is 19.3 Å². The minimum Gasteiger partial charge on any atom is -0.493 e. The predicted octanol–water partition coefficient (Wildman–Crippen LogP) is 2.89. The Kier molecular flexibility index (Phi) is 9.41. The van der Waals surface area contributed by atoms with Crippen LogP contribution in [0, 0.1) is 5.92 Å². The van der Waals surface area contributed by atoms with Crippen molar-refractivity contribution in [1.82, 2.24) is 10.3 Å². The van der Waals surface area contributed by atoms with Crippen LogP contribution in [0.5, 0.6) is 11.5 Å². The highest BCUT2D eigenvalue weighted by Crippen LogP contribution is 2.29. The normalized spacial score (nSPS) is 12.8. The molecular weight excluding hydrogens is 364 g/mol. The summed E-state index contributed by atoms with van der Waals surface area (Å²) in [6, 6.07) is 0.571. The largest absolute Gasteiger partial charge is 0.493 e. The van der Waals surface area contributed by atoms with Gasteiger partial charge in [0.25, 0.3) is 5.91 Å². The SMILES string of the molecule is CCC(CC)CC(C)OC(=O)[C@H](C)NC(=O)c1nccc(OC)c1OC(C)=O. The van der Waals surface area contributed by atoms with E-state index in [2.05, 4.69) is 24.1 Å². The number of rotatable bonds is 10. The van der Waals surface area contributed by atoms with Gasteiger partial charge in [0, 0.05) is 19.2 Å². The van der Waals surface area contributed by atoms with Crippen LogP contribution in [0.15, 0.2) is 12.3 Å². The van der Waals surface area contributed by atoms with Gasteiger partial charge in [0.1, 0.15) is 6.04 Å². The number of esters is 2. The maximum atomic E-state index is 12.6. The Morgan fingerprint density at radius 1 is 1.18 bits per heavy atom. The van der Waals surface area contributed by atoms with Gasteiger partial charge in [-0.15, -0.1) is 0 Å². The third-order valence-corrected chi connectivity index (χ3v) is 4.39. The number of methoxy groups -OCH3 is 1. The molecule has 1 rings (SSSR count). The van der Waals surface area contributed by atoms with Gasteiger partial charge in [-0.05, 0) is 26.2 Å². The number of pyridine rings is 1. The lowest BCUT2D eigenvalue weighted by Gasteiger charge is -2.21. The topological polar surface area (TPSA) is 104 Å². The molecule has 0 aromatic carbocycles. The molecule has 1 heterocycles. The minimum absolute atomic E-state index is 0.0994. The maximum absolute atomic E-state index is 12.6. The first kappa shape index (κ1) is 23.4. The Bertz CT molecular complexity index is 687. The molecule has 0 spiro atoms. The summed E-state index contributed by atoms with van der Waals surface area (Å²) in [7, 11) is 1.38. The standard InChI is InChI=1S/C20H30N2O6/c1-7-15(8-2)11-12(3)27-20(25)13(4)22-19(24)17-18(28-14(5)23)16(26-6)9-10-21-17/h9-10,12-13,15H,7-8,11H2,1-6H3,(H,22,24)/t12?,13-/m0/s1. The Morgan fingerprint density at radius 2 is 1.82 bits per heavy atom. The molecule has 1 unspecified atom stereocenters. The van der Waals surface area contributed by atoms with Crippen molar-refractivity contribution in [2.75, 3.05) is 7.11 Å². The van der Waals surface area contributed by atoms with Crippen LogP contribution in [0.3, 0.4) is 0 Å². The first-order valence-corrected chi connectivity index (χ1v) is 9.46. The zero-order valence-corrected chi connectivity index (χ0v) is 17.4. The summed E-state index contributed by atoms with van der Waals surface area (Å²) < 4.78 is 15.6. The second-order valence-electron chi connectivity index (χ2n) is 6.65. The van der Waals surface area contributed by atoms with Gasteiger partial charge < -0.3 is 19.5 Å². The van der Waals surface area contributed by atoms with Crippen molar-refractivity contribution in [3.8, 4) is 11.5 Å². The molecule has 8 nitrogen and oxygen atoms in total. The average molecular weight is 394 g/mol. The fourth-order valence-corrected chi connectivity index (χ4v) is 2.76. The van der Waals surface area contributed by atoms with Crippen molar-refractivity contribution in [1.29, 1.82) is 0 Å². The predicted molar refractivity (Wildman–Crippen MR) is 103 cm³/mol.